The molecule has 0 aliphatic rings. The average Bonchev–Trinajstić information content (AvgIpc) is 2.52. The molecule has 1 aromatic heterocycles. The number of rotatable bonds is 2. The summed E-state index contributed by atoms with van der Waals surface area (Å²) >= 11 is 0. The van der Waals surface area contributed by atoms with Crippen LogP contribution in [0.3, 0.4) is 0 Å². The molecule has 1 heterocycles. The molecule has 6 nitrogen and oxygen atoms in total. The minimum Gasteiger partial charge on any atom is -0.258 e. The standard InChI is InChI=1S/C7H8N4O2/c1-7(2,5-8)10-4-6(3-9-10)11(12)13/h3-4H,1-2H3. The Balaban J connectivity index is 3.07. The van der Waals surface area contributed by atoms with E-state index in [1.807, 2.05) is 6.07 Å². The van der Waals surface area contributed by atoms with Gasteiger partial charge in [-0.25, -0.2) is 4.68 Å². The van der Waals surface area contributed by atoms with Crippen LogP contribution in [-0.4, -0.2) is 14.7 Å². The maximum Gasteiger partial charge on any atom is 0.307 e. The zero-order chi connectivity index (χ0) is 10.1. The van der Waals surface area contributed by atoms with Gasteiger partial charge in [0, 0.05) is 0 Å². The molecule has 0 bridgehead atoms. The fourth-order valence-corrected chi connectivity index (χ4v) is 0.765. The number of nitro groups is 1. The molecule has 1 rings (SSSR count). The Labute approximate surface area is 74.5 Å². The van der Waals surface area contributed by atoms with Crippen LogP contribution in [0.15, 0.2) is 12.4 Å². The van der Waals surface area contributed by atoms with E-state index in [0.29, 0.717) is 0 Å². The quantitative estimate of drug-likeness (QED) is 0.502. The molecule has 1 aromatic rings. The molecule has 0 amide bonds. The molecule has 0 aliphatic carbocycles. The van der Waals surface area contributed by atoms with Crippen molar-refractivity contribution in [2.75, 3.05) is 0 Å². The second-order valence-electron chi connectivity index (χ2n) is 3.07. The van der Waals surface area contributed by atoms with Crippen LogP contribution in [0.2, 0.25) is 0 Å². The average molecular weight is 180 g/mol. The Kier molecular flexibility index (Phi) is 2.02. The van der Waals surface area contributed by atoms with E-state index < -0.39 is 10.5 Å². The van der Waals surface area contributed by atoms with Crippen molar-refractivity contribution in [1.29, 1.82) is 5.26 Å². The molecule has 0 atom stereocenters. The van der Waals surface area contributed by atoms with Crippen molar-refractivity contribution in [2.24, 2.45) is 0 Å². The van der Waals surface area contributed by atoms with Gasteiger partial charge in [-0.3, -0.25) is 10.1 Å². The Morgan fingerprint density at radius 1 is 1.77 bits per heavy atom. The number of nitrogens with zero attached hydrogens (tertiary/aromatic N) is 4. The maximum atomic E-state index is 10.3. The predicted molar refractivity (Wildman–Crippen MR) is 43.8 cm³/mol. The van der Waals surface area contributed by atoms with Crippen molar-refractivity contribution < 1.29 is 4.92 Å². The molecule has 0 aromatic carbocycles. The smallest absolute Gasteiger partial charge is 0.258 e. The van der Waals surface area contributed by atoms with E-state index in [9.17, 15) is 10.1 Å². The van der Waals surface area contributed by atoms with Gasteiger partial charge in [0.2, 0.25) is 0 Å². The van der Waals surface area contributed by atoms with Gasteiger partial charge < -0.3 is 0 Å². The minimum atomic E-state index is -0.853. The first-order chi connectivity index (χ1) is 5.97. The summed E-state index contributed by atoms with van der Waals surface area (Å²) < 4.78 is 1.27. The summed E-state index contributed by atoms with van der Waals surface area (Å²) in [6.07, 6.45) is 2.36. The number of nitriles is 1. The summed E-state index contributed by atoms with van der Waals surface area (Å²) in [5.41, 5.74) is -0.961. The third-order valence-electron chi connectivity index (χ3n) is 1.63. The van der Waals surface area contributed by atoms with E-state index in [4.69, 9.17) is 5.26 Å². The molecule has 0 fully saturated rings. The second kappa shape index (κ2) is 2.86. The van der Waals surface area contributed by atoms with Crippen LogP contribution in [0.5, 0.6) is 0 Å². The van der Waals surface area contributed by atoms with Gasteiger partial charge in [-0.1, -0.05) is 0 Å². The van der Waals surface area contributed by atoms with Gasteiger partial charge in [0.05, 0.1) is 11.0 Å². The molecule has 0 spiro atoms. The van der Waals surface area contributed by atoms with Crippen LogP contribution in [0.1, 0.15) is 13.8 Å². The molecule has 0 unspecified atom stereocenters. The largest absolute Gasteiger partial charge is 0.307 e. The molecule has 0 N–H and O–H groups in total. The Morgan fingerprint density at radius 2 is 2.38 bits per heavy atom. The zero-order valence-electron chi connectivity index (χ0n) is 7.26. The highest BCUT2D eigenvalue weighted by molar-refractivity contribution is 5.22. The van der Waals surface area contributed by atoms with Gasteiger partial charge in [0.25, 0.3) is 0 Å². The Hall–Kier alpha value is -1.90. The van der Waals surface area contributed by atoms with Crippen molar-refractivity contribution in [1.82, 2.24) is 9.78 Å². The summed E-state index contributed by atoms with van der Waals surface area (Å²) in [5.74, 6) is 0. The van der Waals surface area contributed by atoms with Gasteiger partial charge in [-0.15, -0.1) is 0 Å². The molecule has 0 saturated carbocycles. The lowest BCUT2D eigenvalue weighted by Gasteiger charge is -2.14. The SMILES string of the molecule is CC(C)(C#N)n1cc([N+](=O)[O-])cn1. The molecule has 0 radical (unpaired) electrons. The van der Waals surface area contributed by atoms with E-state index in [1.165, 1.54) is 10.9 Å². The highest BCUT2D eigenvalue weighted by Gasteiger charge is 2.22. The zero-order valence-corrected chi connectivity index (χ0v) is 7.26. The highest BCUT2D eigenvalue weighted by Crippen LogP contribution is 2.16. The highest BCUT2D eigenvalue weighted by atomic mass is 16.6. The lowest BCUT2D eigenvalue weighted by Crippen LogP contribution is -2.24. The molecule has 68 valence electrons. The molecular weight excluding hydrogens is 172 g/mol. The van der Waals surface area contributed by atoms with Crippen molar-refractivity contribution in [3.05, 3.63) is 22.5 Å². The molecule has 6 heteroatoms. The van der Waals surface area contributed by atoms with Crippen LogP contribution in [0.4, 0.5) is 5.69 Å². The van der Waals surface area contributed by atoms with Crippen LogP contribution in [-0.2, 0) is 5.54 Å². The van der Waals surface area contributed by atoms with E-state index in [-0.39, 0.29) is 5.69 Å². The van der Waals surface area contributed by atoms with Crippen molar-refractivity contribution >= 4 is 5.69 Å². The van der Waals surface area contributed by atoms with Gasteiger partial charge in [0.15, 0.2) is 0 Å². The first kappa shape index (κ1) is 9.19. The minimum absolute atomic E-state index is 0.108. The third kappa shape index (κ3) is 1.64. The van der Waals surface area contributed by atoms with Crippen molar-refractivity contribution in [3.8, 4) is 6.07 Å². The van der Waals surface area contributed by atoms with E-state index >= 15 is 0 Å². The first-order valence-corrected chi connectivity index (χ1v) is 3.58. The van der Waals surface area contributed by atoms with Gasteiger partial charge in [0.1, 0.15) is 17.9 Å². The summed E-state index contributed by atoms with van der Waals surface area (Å²) in [6, 6.07) is 1.99. The first-order valence-electron chi connectivity index (χ1n) is 3.58. The summed E-state index contributed by atoms with van der Waals surface area (Å²) in [6.45, 7) is 3.26. The summed E-state index contributed by atoms with van der Waals surface area (Å²) in [5, 5.41) is 22.7. The molecule has 0 saturated heterocycles. The van der Waals surface area contributed by atoms with Crippen molar-refractivity contribution in [3.63, 3.8) is 0 Å². The topological polar surface area (TPSA) is 84.8 Å². The predicted octanol–water partition coefficient (Wildman–Crippen LogP) is 1.05. The van der Waals surface area contributed by atoms with Gasteiger partial charge >= 0.3 is 5.69 Å². The molecule has 13 heavy (non-hydrogen) atoms. The van der Waals surface area contributed by atoms with Crippen molar-refractivity contribution in [2.45, 2.75) is 19.4 Å². The Bertz CT molecular complexity index is 374. The van der Waals surface area contributed by atoms with Gasteiger partial charge in [-0.2, -0.15) is 10.4 Å². The molecule has 0 aliphatic heterocycles. The van der Waals surface area contributed by atoms with Crippen LogP contribution < -0.4 is 0 Å². The van der Waals surface area contributed by atoms with Crippen LogP contribution >= 0.6 is 0 Å². The second-order valence-corrected chi connectivity index (χ2v) is 3.07. The molecular formula is C7H8N4O2. The monoisotopic (exact) mass is 180 g/mol. The van der Waals surface area contributed by atoms with E-state index in [0.717, 1.165) is 6.20 Å². The van der Waals surface area contributed by atoms with Crippen LogP contribution in [0.25, 0.3) is 0 Å². The Morgan fingerprint density at radius 3 is 2.77 bits per heavy atom. The fraction of sp³-hybridized carbons (Fsp3) is 0.429. The number of aromatic nitrogens is 2. The van der Waals surface area contributed by atoms with E-state index in [2.05, 4.69) is 5.10 Å². The third-order valence-corrected chi connectivity index (χ3v) is 1.63. The fourth-order valence-electron chi connectivity index (χ4n) is 0.765. The lowest BCUT2D eigenvalue weighted by molar-refractivity contribution is -0.385. The lowest BCUT2D eigenvalue weighted by atomic mass is 10.1. The number of hydrogen-bond donors (Lipinski definition) is 0. The number of hydrogen-bond acceptors (Lipinski definition) is 4. The summed E-state index contributed by atoms with van der Waals surface area (Å²) in [7, 11) is 0. The maximum absolute atomic E-state index is 10.3. The normalized spacial score (nSPS) is 10.8. The van der Waals surface area contributed by atoms with Crippen LogP contribution in [0, 0.1) is 21.4 Å². The summed E-state index contributed by atoms with van der Waals surface area (Å²) in [4.78, 5) is 9.75. The van der Waals surface area contributed by atoms with E-state index in [1.54, 1.807) is 13.8 Å². The van der Waals surface area contributed by atoms with Gasteiger partial charge in [-0.05, 0) is 13.8 Å².